The van der Waals surface area contributed by atoms with Gasteiger partial charge in [-0.1, -0.05) is 36.7 Å². The maximum atomic E-state index is 13.1. The molecule has 1 aromatic rings. The van der Waals surface area contributed by atoms with Crippen molar-refractivity contribution in [3.63, 3.8) is 0 Å². The van der Waals surface area contributed by atoms with E-state index in [1.54, 1.807) is 24.3 Å². The maximum Gasteiger partial charge on any atom is 0.341 e. The van der Waals surface area contributed by atoms with E-state index in [0.717, 1.165) is 4.47 Å². The van der Waals surface area contributed by atoms with Crippen LogP contribution < -0.4 is 21.4 Å². The van der Waals surface area contributed by atoms with Crippen molar-refractivity contribution in [2.45, 2.75) is 32.7 Å². The van der Waals surface area contributed by atoms with E-state index in [0.29, 0.717) is 22.2 Å². The average molecular weight is 546 g/mol. The van der Waals surface area contributed by atoms with Crippen LogP contribution >= 0.6 is 26.4 Å². The van der Waals surface area contributed by atoms with Crippen LogP contribution in [0, 0.1) is 5.92 Å². The first-order chi connectivity index (χ1) is 15.7. The van der Waals surface area contributed by atoms with Crippen LogP contribution in [0.15, 0.2) is 28.7 Å². The number of nitrogens with zero attached hydrogens (tertiary/aromatic N) is 1. The van der Waals surface area contributed by atoms with Crippen molar-refractivity contribution < 1.29 is 24.6 Å². The molecule has 1 saturated heterocycles. The van der Waals surface area contributed by atoms with Gasteiger partial charge in [-0.3, -0.25) is 4.79 Å². The van der Waals surface area contributed by atoms with Gasteiger partial charge < -0.3 is 26.2 Å². The Bertz CT molecular complexity index is 896. The molecule has 0 spiro atoms. The molecule has 6 N–H and O–H groups in total. The van der Waals surface area contributed by atoms with Gasteiger partial charge in [-0.25, -0.2) is 15.0 Å². The van der Waals surface area contributed by atoms with Crippen LogP contribution in [-0.4, -0.2) is 75.0 Å². The lowest BCUT2D eigenvalue weighted by molar-refractivity contribution is -0.122. The molecule has 0 bridgehead atoms. The average Bonchev–Trinajstić information content (AvgIpc) is 3.04. The molecule has 1 aliphatic heterocycles. The monoisotopic (exact) mass is 545 g/mol. The number of hydrogen-bond donors (Lipinski definition) is 6. The number of anilines is 1. The first-order valence-corrected chi connectivity index (χ1v) is 13.0. The van der Waals surface area contributed by atoms with Crippen LogP contribution in [0.3, 0.4) is 0 Å². The lowest BCUT2D eigenvalue weighted by Crippen LogP contribution is -2.56. The standard InChI is InChI=1S/C21H32BrN5O5S/c1-4-33(12-11-29)18-21(14(2)3,13-17(30)23-9-10-28)25-20(32)27(18)26-19(31)24-16-7-5-15(22)6-8-16/h5-8,14,28-29H,4,9-13H2,1-3H3,(H,23,30)(H,25,32)(H2,24,26,31). The van der Waals surface area contributed by atoms with Gasteiger partial charge in [-0.05, 0) is 35.9 Å². The third-order valence-electron chi connectivity index (χ3n) is 5.25. The van der Waals surface area contributed by atoms with Gasteiger partial charge >= 0.3 is 12.1 Å². The first-order valence-electron chi connectivity index (χ1n) is 10.7. The minimum atomic E-state index is -1.06. The minimum absolute atomic E-state index is 0.0623. The molecule has 1 fully saturated rings. The molecule has 184 valence electrons. The Balaban J connectivity index is 2.41. The molecule has 1 aliphatic rings. The molecule has 33 heavy (non-hydrogen) atoms. The van der Waals surface area contributed by atoms with Crippen molar-refractivity contribution in [1.29, 1.82) is 0 Å². The van der Waals surface area contributed by atoms with Gasteiger partial charge in [0.15, 0.2) is 0 Å². The van der Waals surface area contributed by atoms with Crippen molar-refractivity contribution in [3.05, 3.63) is 28.7 Å². The summed E-state index contributed by atoms with van der Waals surface area (Å²) in [5, 5.41) is 28.1. The number of carbonyl (C=O) groups is 3. The van der Waals surface area contributed by atoms with Gasteiger partial charge in [-0.2, -0.15) is 15.5 Å². The summed E-state index contributed by atoms with van der Waals surface area (Å²) in [5.41, 5.74) is 2.10. The van der Waals surface area contributed by atoms with Gasteiger partial charge in [0.25, 0.3) is 0 Å². The maximum absolute atomic E-state index is 13.1. The predicted molar refractivity (Wildman–Crippen MR) is 134 cm³/mol. The fourth-order valence-corrected chi connectivity index (χ4v) is 6.09. The molecule has 1 aromatic carbocycles. The summed E-state index contributed by atoms with van der Waals surface area (Å²) < 4.78 is 0.861. The number of halogens is 1. The van der Waals surface area contributed by atoms with Crippen molar-refractivity contribution in [2.24, 2.45) is 5.92 Å². The normalized spacial score (nSPS) is 19.9. The van der Waals surface area contributed by atoms with Crippen molar-refractivity contribution in [2.75, 3.05) is 36.6 Å². The Kier molecular flexibility index (Phi) is 10.1. The molecule has 2 atom stereocenters. The summed E-state index contributed by atoms with van der Waals surface area (Å²) in [6.07, 6.45) is -0.0623. The molecule has 2 unspecified atom stereocenters. The van der Waals surface area contributed by atoms with Crippen LogP contribution in [0.1, 0.15) is 27.2 Å². The molecule has 1 heterocycles. The summed E-state index contributed by atoms with van der Waals surface area (Å²) in [5.74, 6) is 0.475. The van der Waals surface area contributed by atoms with Crippen LogP contribution in [-0.2, 0) is 4.79 Å². The largest absolute Gasteiger partial charge is 0.396 e. The SMILES string of the molecule is CCS(CCO)=C1N(NC(=O)Nc2ccc(Br)cc2)C(=O)NC1(CC(=O)NCCO)C(C)C. The Morgan fingerprint density at radius 2 is 1.88 bits per heavy atom. The molecule has 0 aliphatic carbocycles. The van der Waals surface area contributed by atoms with Crippen molar-refractivity contribution in [1.82, 2.24) is 21.1 Å². The highest BCUT2D eigenvalue weighted by Crippen LogP contribution is 2.35. The van der Waals surface area contributed by atoms with Gasteiger partial charge in [0.1, 0.15) is 5.54 Å². The second kappa shape index (κ2) is 12.4. The van der Waals surface area contributed by atoms with E-state index >= 15 is 0 Å². The molecule has 0 aromatic heterocycles. The first kappa shape index (κ1) is 27.1. The zero-order valence-corrected chi connectivity index (χ0v) is 21.4. The second-order valence-corrected chi connectivity index (χ2v) is 11.0. The van der Waals surface area contributed by atoms with E-state index in [4.69, 9.17) is 5.11 Å². The summed E-state index contributed by atoms with van der Waals surface area (Å²) in [6, 6.07) is 5.82. The van der Waals surface area contributed by atoms with Gasteiger partial charge in [0.05, 0.1) is 24.6 Å². The molecule has 0 saturated carbocycles. The predicted octanol–water partition coefficient (Wildman–Crippen LogP) is 1.82. The zero-order valence-electron chi connectivity index (χ0n) is 19.0. The van der Waals surface area contributed by atoms with Crippen molar-refractivity contribution in [3.8, 4) is 0 Å². The number of hydrazine groups is 1. The van der Waals surface area contributed by atoms with Crippen LogP contribution in [0.2, 0.25) is 0 Å². The highest BCUT2D eigenvalue weighted by molar-refractivity contribution is 9.10. The molecule has 2 rings (SSSR count). The lowest BCUT2D eigenvalue weighted by Gasteiger charge is -2.36. The smallest absolute Gasteiger partial charge is 0.341 e. The number of carbonyl (C=O) groups excluding carboxylic acids is 3. The molecule has 5 amide bonds. The van der Waals surface area contributed by atoms with E-state index in [2.05, 4.69) is 37.3 Å². The Labute approximate surface area is 204 Å². The number of nitrogens with one attached hydrogen (secondary N) is 4. The van der Waals surface area contributed by atoms with E-state index < -0.39 is 28.1 Å². The lowest BCUT2D eigenvalue weighted by atomic mass is 9.83. The Morgan fingerprint density at radius 3 is 2.42 bits per heavy atom. The number of urea groups is 2. The summed E-state index contributed by atoms with van der Waals surface area (Å²) in [7, 11) is -0.604. The third-order valence-corrected chi connectivity index (χ3v) is 8.25. The zero-order chi connectivity index (χ0) is 24.6. The van der Waals surface area contributed by atoms with Crippen LogP contribution in [0.4, 0.5) is 15.3 Å². The number of rotatable bonds is 10. The highest BCUT2D eigenvalue weighted by Gasteiger charge is 2.52. The third kappa shape index (κ3) is 6.69. The minimum Gasteiger partial charge on any atom is -0.396 e. The van der Waals surface area contributed by atoms with Gasteiger partial charge in [-0.15, -0.1) is 0 Å². The Morgan fingerprint density at radius 1 is 1.21 bits per heavy atom. The summed E-state index contributed by atoms with van der Waals surface area (Å²) in [6.45, 7) is 5.52. The molecule has 0 radical (unpaired) electrons. The van der Waals surface area contributed by atoms with Crippen LogP contribution in [0.5, 0.6) is 0 Å². The number of benzene rings is 1. The number of hydrogen-bond acceptors (Lipinski definition) is 5. The van der Waals surface area contributed by atoms with E-state index in [1.807, 2.05) is 20.8 Å². The number of aliphatic hydroxyl groups is 2. The highest BCUT2D eigenvalue weighted by atomic mass is 79.9. The van der Waals surface area contributed by atoms with Crippen molar-refractivity contribution >= 4 is 55.1 Å². The van der Waals surface area contributed by atoms with Gasteiger partial charge in [0, 0.05) is 22.5 Å². The number of aliphatic hydroxyl groups excluding tert-OH is 2. The molecular formula is C21H32BrN5O5S. The summed E-state index contributed by atoms with van der Waals surface area (Å²) >= 11 is 3.34. The topological polar surface area (TPSA) is 143 Å². The number of amides is 5. The van der Waals surface area contributed by atoms with E-state index in [9.17, 15) is 19.5 Å². The quantitative estimate of drug-likeness (QED) is 0.248. The molecule has 10 nitrogen and oxygen atoms in total. The fraction of sp³-hybridized carbons (Fsp3) is 0.524. The molecule has 12 heteroatoms. The molecular weight excluding hydrogens is 514 g/mol. The van der Waals surface area contributed by atoms with Crippen LogP contribution in [0.25, 0.3) is 0 Å². The second-order valence-electron chi connectivity index (χ2n) is 7.73. The van der Waals surface area contributed by atoms with E-state index in [-0.39, 0.29) is 38.0 Å². The van der Waals surface area contributed by atoms with Gasteiger partial charge in [0.2, 0.25) is 5.91 Å². The Hall–Kier alpha value is -2.15. The van der Waals surface area contributed by atoms with E-state index in [1.165, 1.54) is 5.01 Å². The fourth-order valence-electron chi connectivity index (χ4n) is 3.59. The summed E-state index contributed by atoms with van der Waals surface area (Å²) in [4.78, 5) is 39.0.